The third-order valence-electron chi connectivity index (χ3n) is 5.59. The zero-order valence-corrected chi connectivity index (χ0v) is 35.8. The van der Waals surface area contributed by atoms with Gasteiger partial charge in [-0.3, -0.25) is 0 Å². The van der Waals surface area contributed by atoms with E-state index < -0.39 is 60.4 Å². The summed E-state index contributed by atoms with van der Waals surface area (Å²) in [6.07, 6.45) is 1.93. The first-order valence-electron chi connectivity index (χ1n) is 15.0. The summed E-state index contributed by atoms with van der Waals surface area (Å²) in [6, 6.07) is 2.17. The van der Waals surface area contributed by atoms with Crippen molar-refractivity contribution in [2.75, 3.05) is 33.5 Å². The van der Waals surface area contributed by atoms with Crippen molar-refractivity contribution in [3.8, 4) is 0 Å². The predicted octanol–water partition coefficient (Wildman–Crippen LogP) is 6.91. The summed E-state index contributed by atoms with van der Waals surface area (Å²) in [7, 11) is -14.7. The second kappa shape index (κ2) is 18.2. The maximum absolute atomic E-state index is 7.26. The second-order valence-corrected chi connectivity index (χ2v) is 37.9. The molecule has 0 aliphatic rings. The van der Waals surface area contributed by atoms with Gasteiger partial charge in [-0.05, 0) is 118 Å². The molecule has 0 saturated carbocycles. The molecule has 0 fully saturated rings. The summed E-state index contributed by atoms with van der Waals surface area (Å²) >= 11 is 0. The Morgan fingerprint density at radius 3 is 1.50 bits per heavy atom. The molecule has 0 heterocycles. The molecule has 0 N–H and O–H groups in total. The molecule has 0 aliphatic carbocycles. The quantitative estimate of drug-likeness (QED) is 0.0792. The number of methoxy groups -OCH3 is 1. The van der Waals surface area contributed by atoms with E-state index in [1.807, 2.05) is 20.8 Å². The summed E-state index contributed by atoms with van der Waals surface area (Å²) < 4.78 is 58.2. The largest absolute Gasteiger partial charge is 0.500 e. The van der Waals surface area contributed by atoms with E-state index in [-0.39, 0.29) is 0 Å². The highest BCUT2D eigenvalue weighted by Gasteiger charge is 2.51. The Hall–Kier alpha value is 1.16. The van der Waals surface area contributed by atoms with Crippen LogP contribution in [0, 0.1) is 0 Å². The SMILES string of the molecule is CCO[Si](CC[Si](C)(O[Si](C)(C)O[Si](C)(C)C)O[Si](C)(CCCCOC)O[SiH](C)O[Si](C)(C)C)(OCC)OCC. The molecule has 0 amide bonds. The summed E-state index contributed by atoms with van der Waals surface area (Å²) in [5.74, 6) is 0. The van der Waals surface area contributed by atoms with Crippen molar-refractivity contribution < 1.29 is 38.6 Å². The van der Waals surface area contributed by atoms with Crippen LogP contribution in [0.15, 0.2) is 0 Å². The number of unbranched alkanes of at least 4 members (excludes halogenated alkanes) is 1. The summed E-state index contributed by atoms with van der Waals surface area (Å²) in [4.78, 5) is 0. The number of ether oxygens (including phenoxy) is 1. The smallest absolute Gasteiger partial charge is 0.439 e. The van der Waals surface area contributed by atoms with Crippen LogP contribution in [0.1, 0.15) is 33.6 Å². The first kappa shape index (κ1) is 41.2. The molecule has 16 heteroatoms. The Labute approximate surface area is 255 Å². The van der Waals surface area contributed by atoms with Gasteiger partial charge in [-0.1, -0.05) is 0 Å². The molecule has 0 radical (unpaired) electrons. The first-order valence-corrected chi connectivity index (χ1v) is 33.7. The van der Waals surface area contributed by atoms with Gasteiger partial charge in [0.1, 0.15) is 0 Å². The minimum Gasteiger partial charge on any atom is -0.439 e. The van der Waals surface area contributed by atoms with Crippen molar-refractivity contribution >= 4 is 60.4 Å². The van der Waals surface area contributed by atoms with Crippen LogP contribution in [0.5, 0.6) is 0 Å². The lowest BCUT2D eigenvalue weighted by Gasteiger charge is -2.44. The first-order chi connectivity index (χ1) is 18.2. The van der Waals surface area contributed by atoms with E-state index in [1.54, 1.807) is 7.11 Å². The van der Waals surface area contributed by atoms with Crippen LogP contribution < -0.4 is 0 Å². The van der Waals surface area contributed by atoms with E-state index in [2.05, 4.69) is 72.0 Å². The van der Waals surface area contributed by atoms with Gasteiger partial charge in [-0.15, -0.1) is 0 Å². The van der Waals surface area contributed by atoms with Crippen molar-refractivity contribution in [1.29, 1.82) is 0 Å². The molecule has 0 rings (SSSR count). The average molecular weight is 693 g/mol. The topological polar surface area (TPSA) is 83.1 Å². The Kier molecular flexibility index (Phi) is 18.7. The van der Waals surface area contributed by atoms with Gasteiger partial charge in [-0.2, -0.15) is 0 Å². The average Bonchev–Trinajstić information content (AvgIpc) is 2.72. The third-order valence-corrected chi connectivity index (χ3v) is 30.6. The fraction of sp³-hybridized carbons (Fsp3) is 1.00. The molecule has 0 aromatic rings. The zero-order valence-electron chi connectivity index (χ0n) is 28.6. The molecule has 0 aromatic heterocycles. The lowest BCUT2D eigenvalue weighted by atomic mass is 10.4. The van der Waals surface area contributed by atoms with Gasteiger partial charge >= 0.3 is 34.5 Å². The van der Waals surface area contributed by atoms with Gasteiger partial charge in [0, 0.05) is 39.6 Å². The Morgan fingerprint density at radius 2 is 1.07 bits per heavy atom. The van der Waals surface area contributed by atoms with E-state index in [4.69, 9.17) is 38.6 Å². The van der Waals surface area contributed by atoms with E-state index in [1.165, 1.54) is 0 Å². The van der Waals surface area contributed by atoms with Gasteiger partial charge in [0.2, 0.25) is 0 Å². The number of hydrogen-bond donors (Lipinski definition) is 0. The zero-order chi connectivity index (χ0) is 31.3. The molecule has 242 valence electrons. The van der Waals surface area contributed by atoms with Gasteiger partial charge in [-0.25, -0.2) is 0 Å². The van der Waals surface area contributed by atoms with Gasteiger partial charge in [0.25, 0.3) is 9.28 Å². The van der Waals surface area contributed by atoms with Crippen LogP contribution in [0.2, 0.25) is 90.1 Å². The molecule has 3 atom stereocenters. The molecule has 0 aromatic carbocycles. The van der Waals surface area contributed by atoms with Crippen LogP contribution in [0.4, 0.5) is 0 Å². The van der Waals surface area contributed by atoms with E-state index in [0.717, 1.165) is 25.5 Å². The third kappa shape index (κ3) is 18.7. The van der Waals surface area contributed by atoms with Crippen LogP contribution in [0.25, 0.3) is 0 Å². The van der Waals surface area contributed by atoms with E-state index >= 15 is 0 Å². The molecule has 9 nitrogen and oxygen atoms in total. The highest BCUT2D eigenvalue weighted by molar-refractivity contribution is 6.90. The summed E-state index contributed by atoms with van der Waals surface area (Å²) in [6.45, 7) is 32.3. The van der Waals surface area contributed by atoms with Crippen molar-refractivity contribution in [2.45, 2.75) is 124 Å². The van der Waals surface area contributed by atoms with Crippen molar-refractivity contribution in [2.24, 2.45) is 0 Å². The molecule has 0 saturated heterocycles. The molecular weight excluding hydrogens is 629 g/mol. The van der Waals surface area contributed by atoms with Crippen LogP contribution >= 0.6 is 0 Å². The van der Waals surface area contributed by atoms with E-state index in [0.29, 0.717) is 31.9 Å². The summed E-state index contributed by atoms with van der Waals surface area (Å²) in [5.41, 5.74) is 0. The maximum Gasteiger partial charge on any atom is 0.500 e. The van der Waals surface area contributed by atoms with Gasteiger partial charge in [0.15, 0.2) is 16.6 Å². The molecular formula is C24H64O9Si7. The van der Waals surface area contributed by atoms with E-state index in [9.17, 15) is 0 Å². The second-order valence-electron chi connectivity index (χ2n) is 12.9. The molecule has 40 heavy (non-hydrogen) atoms. The highest BCUT2D eigenvalue weighted by atomic mass is 28.5. The van der Waals surface area contributed by atoms with Crippen molar-refractivity contribution in [3.63, 3.8) is 0 Å². The fourth-order valence-electron chi connectivity index (χ4n) is 4.94. The van der Waals surface area contributed by atoms with Crippen molar-refractivity contribution in [1.82, 2.24) is 0 Å². The predicted molar refractivity (Wildman–Crippen MR) is 182 cm³/mol. The monoisotopic (exact) mass is 692 g/mol. The number of rotatable bonds is 24. The lowest BCUT2D eigenvalue weighted by Crippen LogP contribution is -2.60. The molecule has 0 aliphatic heterocycles. The lowest BCUT2D eigenvalue weighted by molar-refractivity contribution is 0.0718. The van der Waals surface area contributed by atoms with Gasteiger partial charge < -0.3 is 38.6 Å². The van der Waals surface area contributed by atoms with Crippen LogP contribution in [-0.4, -0.2) is 93.9 Å². The maximum atomic E-state index is 7.26. The molecule has 3 unspecified atom stereocenters. The van der Waals surface area contributed by atoms with Crippen LogP contribution in [0.3, 0.4) is 0 Å². The Morgan fingerprint density at radius 1 is 0.550 bits per heavy atom. The summed E-state index contributed by atoms with van der Waals surface area (Å²) in [5, 5.41) is 0. The van der Waals surface area contributed by atoms with Gasteiger partial charge in [0.05, 0.1) is 0 Å². The molecule has 0 spiro atoms. The Balaban J connectivity index is 6.38. The normalized spacial score (nSPS) is 17.5. The molecule has 0 bridgehead atoms. The Bertz CT molecular complexity index is 678. The fourth-order valence-corrected chi connectivity index (χ4v) is 35.4. The van der Waals surface area contributed by atoms with Crippen LogP contribution in [-0.2, 0) is 38.6 Å². The van der Waals surface area contributed by atoms with Crippen molar-refractivity contribution in [3.05, 3.63) is 0 Å². The minimum absolute atomic E-state index is 0.539. The number of hydrogen-bond acceptors (Lipinski definition) is 9. The highest BCUT2D eigenvalue weighted by Crippen LogP contribution is 2.33. The minimum atomic E-state index is -2.90. The standard InChI is InChI=1S/C24H64O9Si7/c1-16-26-40(27-17-2,28-18-3)24-23-39(15,32-37(12,13)31-36(9,10)11)33-38(14,22-20-19-21-25-4)30-34(5)29-35(6,7)8/h34H,16-24H2,1-15H3.